The second-order valence-electron chi connectivity index (χ2n) is 5.59. The van der Waals surface area contributed by atoms with Crippen molar-refractivity contribution in [3.8, 4) is 17.1 Å². The van der Waals surface area contributed by atoms with Crippen LogP contribution in [0.2, 0.25) is 5.02 Å². The van der Waals surface area contributed by atoms with Gasteiger partial charge in [0.2, 0.25) is 11.0 Å². The Kier molecular flexibility index (Phi) is 4.77. The minimum Gasteiger partial charge on any atom is -0.448 e. The maximum absolute atomic E-state index is 6.18. The van der Waals surface area contributed by atoms with E-state index in [4.69, 9.17) is 16.3 Å². The van der Waals surface area contributed by atoms with Crippen molar-refractivity contribution in [2.45, 2.75) is 11.4 Å². The highest BCUT2D eigenvalue weighted by molar-refractivity contribution is 7.99. The number of thioether (sulfide) groups is 1. The zero-order valence-electron chi connectivity index (χ0n) is 13.7. The number of hydrogen-bond acceptors (Lipinski definition) is 6. The van der Waals surface area contributed by atoms with Gasteiger partial charge in [0, 0.05) is 27.6 Å². The lowest BCUT2D eigenvalue weighted by molar-refractivity contribution is 0.225. The van der Waals surface area contributed by atoms with Gasteiger partial charge in [-0.3, -0.25) is 0 Å². The van der Waals surface area contributed by atoms with E-state index in [0.717, 1.165) is 16.8 Å². The van der Waals surface area contributed by atoms with Crippen LogP contribution in [0.4, 0.5) is 5.69 Å². The van der Waals surface area contributed by atoms with Crippen molar-refractivity contribution in [2.24, 2.45) is 0 Å². The topological polar surface area (TPSA) is 59.9 Å². The second kappa shape index (κ2) is 7.35. The molecule has 2 aromatic carbocycles. The Morgan fingerprint density at radius 3 is 2.77 bits per heavy atom. The van der Waals surface area contributed by atoms with E-state index < -0.39 is 6.23 Å². The van der Waals surface area contributed by atoms with Gasteiger partial charge in [0.1, 0.15) is 0 Å². The van der Waals surface area contributed by atoms with Gasteiger partial charge in [0.05, 0.1) is 0 Å². The molecule has 0 radical (unpaired) electrons. The Bertz CT molecular complexity index is 949. The van der Waals surface area contributed by atoms with Crippen LogP contribution in [0.25, 0.3) is 11.3 Å². The summed E-state index contributed by atoms with van der Waals surface area (Å²) in [5, 5.41) is 13.2. The Morgan fingerprint density at radius 1 is 1.15 bits per heavy atom. The SMILES string of the molecule is C=CCSc1nnc2c(n1)OC(c1ccc(Cl)cc1)Nc1ccccc1-2. The smallest absolute Gasteiger partial charge is 0.247 e. The molecule has 1 unspecified atom stereocenters. The summed E-state index contributed by atoms with van der Waals surface area (Å²) in [6.45, 7) is 3.72. The van der Waals surface area contributed by atoms with E-state index in [1.807, 2.05) is 48.5 Å². The molecule has 7 heteroatoms. The predicted octanol–water partition coefficient (Wildman–Crippen LogP) is 4.97. The number of fused-ring (bicyclic) bond motifs is 3. The van der Waals surface area contributed by atoms with Crippen molar-refractivity contribution in [2.75, 3.05) is 11.1 Å². The largest absolute Gasteiger partial charge is 0.448 e. The first-order valence-electron chi connectivity index (χ1n) is 8.01. The van der Waals surface area contributed by atoms with Gasteiger partial charge in [-0.05, 0) is 18.2 Å². The Labute approximate surface area is 160 Å². The van der Waals surface area contributed by atoms with E-state index >= 15 is 0 Å². The first-order chi connectivity index (χ1) is 12.7. The number of halogens is 1. The average Bonchev–Trinajstić information content (AvgIpc) is 2.83. The van der Waals surface area contributed by atoms with Crippen LogP contribution < -0.4 is 10.1 Å². The molecule has 1 aliphatic rings. The van der Waals surface area contributed by atoms with Gasteiger partial charge in [-0.2, -0.15) is 4.98 Å². The van der Waals surface area contributed by atoms with E-state index in [1.54, 1.807) is 6.08 Å². The number of para-hydroxylation sites is 1. The molecule has 0 spiro atoms. The average molecular weight is 383 g/mol. The number of anilines is 1. The van der Waals surface area contributed by atoms with Crippen LogP contribution in [0.15, 0.2) is 66.3 Å². The second-order valence-corrected chi connectivity index (χ2v) is 7.01. The lowest BCUT2D eigenvalue weighted by atomic mass is 10.1. The van der Waals surface area contributed by atoms with E-state index in [9.17, 15) is 0 Å². The van der Waals surface area contributed by atoms with Crippen molar-refractivity contribution in [1.29, 1.82) is 0 Å². The number of rotatable bonds is 4. The maximum Gasteiger partial charge on any atom is 0.247 e. The van der Waals surface area contributed by atoms with E-state index in [0.29, 0.717) is 27.5 Å². The van der Waals surface area contributed by atoms with Gasteiger partial charge in [-0.15, -0.1) is 16.8 Å². The summed E-state index contributed by atoms with van der Waals surface area (Å²) in [6, 6.07) is 15.4. The molecule has 3 aromatic rings. The van der Waals surface area contributed by atoms with Gasteiger partial charge in [0.15, 0.2) is 11.9 Å². The Balaban J connectivity index is 1.79. The zero-order valence-corrected chi connectivity index (χ0v) is 15.3. The first kappa shape index (κ1) is 16.9. The molecule has 0 saturated heterocycles. The van der Waals surface area contributed by atoms with Gasteiger partial charge < -0.3 is 10.1 Å². The van der Waals surface area contributed by atoms with E-state index in [1.165, 1.54) is 11.8 Å². The lowest BCUT2D eigenvalue weighted by Crippen LogP contribution is -2.17. The molecule has 1 aliphatic heterocycles. The summed E-state index contributed by atoms with van der Waals surface area (Å²) >= 11 is 7.47. The highest BCUT2D eigenvalue weighted by Gasteiger charge is 2.25. The number of nitrogens with one attached hydrogen (secondary N) is 1. The van der Waals surface area contributed by atoms with Crippen molar-refractivity contribution in [1.82, 2.24) is 15.2 Å². The molecule has 130 valence electrons. The summed E-state index contributed by atoms with van der Waals surface area (Å²) in [5.74, 6) is 1.15. The van der Waals surface area contributed by atoms with Crippen molar-refractivity contribution in [3.63, 3.8) is 0 Å². The van der Waals surface area contributed by atoms with Crippen LogP contribution in [-0.2, 0) is 0 Å². The summed E-state index contributed by atoms with van der Waals surface area (Å²) < 4.78 is 6.18. The van der Waals surface area contributed by atoms with E-state index in [2.05, 4.69) is 27.1 Å². The highest BCUT2D eigenvalue weighted by Crippen LogP contribution is 2.39. The lowest BCUT2D eigenvalue weighted by Gasteiger charge is -2.19. The molecule has 0 bridgehead atoms. The maximum atomic E-state index is 6.18. The van der Waals surface area contributed by atoms with Crippen LogP contribution in [0.5, 0.6) is 5.88 Å². The van der Waals surface area contributed by atoms with Crippen molar-refractivity contribution in [3.05, 3.63) is 71.8 Å². The first-order valence-corrected chi connectivity index (χ1v) is 9.37. The molecule has 0 fully saturated rings. The Morgan fingerprint density at radius 2 is 1.96 bits per heavy atom. The zero-order chi connectivity index (χ0) is 17.9. The number of aromatic nitrogens is 3. The minimum absolute atomic E-state index is 0.413. The van der Waals surface area contributed by atoms with Gasteiger partial charge in [-0.1, -0.05) is 59.8 Å². The fraction of sp³-hybridized carbons (Fsp3) is 0.105. The standard InChI is InChI=1S/C19H15ClN4OS/c1-2-11-26-19-22-18-16(23-24-19)14-5-3-4-6-15(14)21-17(25-18)12-7-9-13(20)10-8-12/h2-10,17,21H,1,11H2. The monoisotopic (exact) mass is 382 g/mol. The Hall–Kier alpha value is -2.57. The van der Waals surface area contributed by atoms with Crippen molar-refractivity contribution >= 4 is 29.1 Å². The van der Waals surface area contributed by atoms with Crippen LogP contribution in [-0.4, -0.2) is 20.9 Å². The summed E-state index contributed by atoms with van der Waals surface area (Å²) in [6.07, 6.45) is 1.39. The molecular weight excluding hydrogens is 368 g/mol. The fourth-order valence-corrected chi connectivity index (χ4v) is 3.27. The molecule has 0 amide bonds. The van der Waals surface area contributed by atoms with Gasteiger partial charge in [-0.25, -0.2) is 0 Å². The molecule has 1 aromatic heterocycles. The van der Waals surface area contributed by atoms with E-state index in [-0.39, 0.29) is 0 Å². The molecule has 4 rings (SSSR count). The molecule has 1 N–H and O–H groups in total. The van der Waals surface area contributed by atoms with Crippen LogP contribution >= 0.6 is 23.4 Å². The minimum atomic E-state index is -0.413. The summed E-state index contributed by atoms with van der Waals surface area (Å²) in [7, 11) is 0. The third-order valence-corrected chi connectivity index (χ3v) is 4.92. The molecule has 5 nitrogen and oxygen atoms in total. The third-order valence-electron chi connectivity index (χ3n) is 3.84. The van der Waals surface area contributed by atoms with Crippen LogP contribution in [0.3, 0.4) is 0 Å². The molecule has 2 heterocycles. The normalized spacial score (nSPS) is 15.0. The quantitative estimate of drug-likeness (QED) is 0.507. The number of ether oxygens (including phenoxy) is 1. The molecule has 0 saturated carbocycles. The number of hydrogen-bond donors (Lipinski definition) is 1. The molecule has 1 atom stereocenters. The van der Waals surface area contributed by atoms with Crippen LogP contribution in [0, 0.1) is 0 Å². The van der Waals surface area contributed by atoms with Gasteiger partial charge in [0.25, 0.3) is 0 Å². The molecule has 0 aliphatic carbocycles. The summed E-state index contributed by atoms with van der Waals surface area (Å²) in [5.41, 5.74) is 3.37. The highest BCUT2D eigenvalue weighted by atomic mass is 35.5. The van der Waals surface area contributed by atoms with Crippen LogP contribution in [0.1, 0.15) is 11.8 Å². The fourth-order valence-electron chi connectivity index (χ4n) is 2.63. The van der Waals surface area contributed by atoms with Gasteiger partial charge >= 0.3 is 0 Å². The number of benzene rings is 2. The predicted molar refractivity (Wildman–Crippen MR) is 105 cm³/mol. The van der Waals surface area contributed by atoms with Crippen molar-refractivity contribution < 1.29 is 4.74 Å². The number of nitrogens with zero attached hydrogens (tertiary/aromatic N) is 3. The molecule has 26 heavy (non-hydrogen) atoms. The molecular formula is C19H15ClN4OS. The summed E-state index contributed by atoms with van der Waals surface area (Å²) in [4.78, 5) is 4.56. The third kappa shape index (κ3) is 3.38.